The smallest absolute Gasteiger partial charge is 0.223 e. The lowest BCUT2D eigenvalue weighted by molar-refractivity contribution is 0.446. The summed E-state index contributed by atoms with van der Waals surface area (Å²) in [6.45, 7) is 6.01. The number of halogens is 1. The first-order valence-electron chi connectivity index (χ1n) is 6.59. The maximum absolute atomic E-state index is 6.18. The molecule has 0 saturated carbocycles. The van der Waals surface area contributed by atoms with Crippen molar-refractivity contribution in [3.63, 3.8) is 0 Å². The summed E-state index contributed by atoms with van der Waals surface area (Å²) in [7, 11) is 1.91. The van der Waals surface area contributed by atoms with Crippen LogP contribution in [0.15, 0.2) is 30.5 Å². The van der Waals surface area contributed by atoms with Gasteiger partial charge in [0.15, 0.2) is 0 Å². The van der Waals surface area contributed by atoms with Crippen LogP contribution in [0.2, 0.25) is 5.02 Å². The highest BCUT2D eigenvalue weighted by molar-refractivity contribution is 6.32. The first-order valence-corrected chi connectivity index (χ1v) is 6.97. The van der Waals surface area contributed by atoms with Gasteiger partial charge >= 0.3 is 0 Å². The molecule has 0 aliphatic rings. The minimum Gasteiger partial charge on any atom is -0.439 e. The Morgan fingerprint density at radius 2 is 1.90 bits per heavy atom. The largest absolute Gasteiger partial charge is 0.439 e. The molecule has 0 aliphatic carbocycles. The van der Waals surface area contributed by atoms with Crippen LogP contribution in [-0.2, 0) is 0 Å². The number of nitrogens with zero attached hydrogens (tertiary/aromatic N) is 1. The van der Waals surface area contributed by atoms with E-state index in [1.54, 1.807) is 6.20 Å². The van der Waals surface area contributed by atoms with Crippen LogP contribution in [0.3, 0.4) is 0 Å². The van der Waals surface area contributed by atoms with Crippen molar-refractivity contribution in [2.75, 3.05) is 7.05 Å². The Balaban J connectivity index is 2.35. The standard InChI is InChI=1S/C16H19ClN2O/c1-10-8-13(9-11(2)15(10)17)20-16-14(12(3)18-4)6-5-7-19-16/h5-9,12,18H,1-4H3. The third-order valence-electron chi connectivity index (χ3n) is 3.32. The van der Waals surface area contributed by atoms with E-state index in [1.807, 2.05) is 45.2 Å². The van der Waals surface area contributed by atoms with Gasteiger partial charge in [0.1, 0.15) is 5.75 Å². The number of hydrogen-bond donors (Lipinski definition) is 1. The summed E-state index contributed by atoms with van der Waals surface area (Å²) in [4.78, 5) is 4.33. The van der Waals surface area contributed by atoms with E-state index < -0.39 is 0 Å². The summed E-state index contributed by atoms with van der Waals surface area (Å²) >= 11 is 6.18. The molecule has 0 radical (unpaired) electrons. The van der Waals surface area contributed by atoms with Crippen molar-refractivity contribution in [3.05, 3.63) is 52.2 Å². The fourth-order valence-corrected chi connectivity index (χ4v) is 2.16. The Hall–Kier alpha value is -1.58. The summed E-state index contributed by atoms with van der Waals surface area (Å²) < 4.78 is 5.94. The molecular formula is C16H19ClN2O. The fraction of sp³-hybridized carbons (Fsp3) is 0.312. The summed E-state index contributed by atoms with van der Waals surface area (Å²) in [6.07, 6.45) is 1.73. The van der Waals surface area contributed by atoms with Crippen molar-refractivity contribution in [3.8, 4) is 11.6 Å². The number of hydrogen-bond acceptors (Lipinski definition) is 3. The molecule has 1 aromatic carbocycles. The quantitative estimate of drug-likeness (QED) is 0.905. The van der Waals surface area contributed by atoms with Gasteiger partial charge in [-0.1, -0.05) is 17.7 Å². The molecule has 2 aromatic rings. The van der Waals surface area contributed by atoms with Gasteiger partial charge in [0.25, 0.3) is 0 Å². The van der Waals surface area contributed by atoms with Gasteiger partial charge in [0.2, 0.25) is 5.88 Å². The van der Waals surface area contributed by atoms with Gasteiger partial charge in [-0.2, -0.15) is 0 Å². The van der Waals surface area contributed by atoms with Crippen LogP contribution in [0.1, 0.15) is 29.7 Å². The molecular weight excluding hydrogens is 272 g/mol. The molecule has 1 atom stereocenters. The van der Waals surface area contributed by atoms with E-state index in [2.05, 4.69) is 17.2 Å². The Morgan fingerprint density at radius 1 is 1.25 bits per heavy atom. The molecule has 1 aromatic heterocycles. The van der Waals surface area contributed by atoms with Gasteiger partial charge in [0, 0.05) is 22.8 Å². The molecule has 0 saturated heterocycles. The molecule has 1 N–H and O–H groups in total. The minimum atomic E-state index is 0.174. The number of nitrogens with one attached hydrogen (secondary N) is 1. The number of aryl methyl sites for hydroxylation is 2. The van der Waals surface area contributed by atoms with Crippen molar-refractivity contribution < 1.29 is 4.74 Å². The van der Waals surface area contributed by atoms with Crippen molar-refractivity contribution in [1.29, 1.82) is 0 Å². The van der Waals surface area contributed by atoms with Crippen molar-refractivity contribution in [2.24, 2.45) is 0 Å². The molecule has 20 heavy (non-hydrogen) atoms. The molecule has 0 spiro atoms. The lowest BCUT2D eigenvalue weighted by atomic mass is 10.1. The molecule has 1 unspecified atom stereocenters. The summed E-state index contributed by atoms with van der Waals surface area (Å²) in [5, 5.41) is 3.98. The van der Waals surface area contributed by atoms with E-state index in [0.717, 1.165) is 27.5 Å². The Kier molecular flexibility index (Phi) is 4.63. The molecule has 0 aliphatic heterocycles. The van der Waals surface area contributed by atoms with E-state index in [1.165, 1.54) is 0 Å². The van der Waals surface area contributed by atoms with Gasteiger partial charge in [0.05, 0.1) is 0 Å². The minimum absolute atomic E-state index is 0.174. The van der Waals surface area contributed by atoms with Gasteiger partial charge in [-0.25, -0.2) is 4.98 Å². The van der Waals surface area contributed by atoms with E-state index in [-0.39, 0.29) is 6.04 Å². The van der Waals surface area contributed by atoms with Crippen molar-refractivity contribution in [1.82, 2.24) is 10.3 Å². The molecule has 1 heterocycles. The second-order valence-electron chi connectivity index (χ2n) is 4.88. The van der Waals surface area contributed by atoms with Crippen LogP contribution in [-0.4, -0.2) is 12.0 Å². The molecule has 0 fully saturated rings. The summed E-state index contributed by atoms with van der Waals surface area (Å²) in [5.74, 6) is 1.38. The molecule has 106 valence electrons. The van der Waals surface area contributed by atoms with E-state index in [0.29, 0.717) is 5.88 Å². The average molecular weight is 291 g/mol. The lowest BCUT2D eigenvalue weighted by Crippen LogP contribution is -2.13. The first kappa shape index (κ1) is 14.8. The lowest BCUT2D eigenvalue weighted by Gasteiger charge is -2.15. The molecule has 0 amide bonds. The number of rotatable bonds is 4. The normalized spacial score (nSPS) is 12.2. The Labute approximate surface area is 124 Å². The first-order chi connectivity index (χ1) is 9.52. The second kappa shape index (κ2) is 6.25. The van der Waals surface area contributed by atoms with E-state index in [9.17, 15) is 0 Å². The van der Waals surface area contributed by atoms with Crippen molar-refractivity contribution in [2.45, 2.75) is 26.8 Å². The van der Waals surface area contributed by atoms with Crippen LogP contribution in [0.5, 0.6) is 11.6 Å². The zero-order valence-electron chi connectivity index (χ0n) is 12.2. The maximum atomic E-state index is 6.18. The highest BCUT2D eigenvalue weighted by atomic mass is 35.5. The van der Waals surface area contributed by atoms with Crippen LogP contribution in [0, 0.1) is 13.8 Å². The molecule has 3 nitrogen and oxygen atoms in total. The number of benzene rings is 1. The number of aromatic nitrogens is 1. The summed E-state index contributed by atoms with van der Waals surface area (Å²) in [5.41, 5.74) is 3.03. The number of ether oxygens (including phenoxy) is 1. The molecule has 4 heteroatoms. The Morgan fingerprint density at radius 3 is 2.50 bits per heavy atom. The number of pyridine rings is 1. The zero-order valence-corrected chi connectivity index (χ0v) is 13.0. The topological polar surface area (TPSA) is 34.2 Å². The zero-order chi connectivity index (χ0) is 14.7. The highest BCUT2D eigenvalue weighted by Crippen LogP contribution is 2.31. The highest BCUT2D eigenvalue weighted by Gasteiger charge is 2.12. The SMILES string of the molecule is CNC(C)c1cccnc1Oc1cc(C)c(Cl)c(C)c1. The predicted octanol–water partition coefficient (Wildman–Crippen LogP) is 4.42. The van der Waals surface area contributed by atoms with Crippen LogP contribution >= 0.6 is 11.6 Å². The van der Waals surface area contributed by atoms with Gasteiger partial charge in [-0.05, 0) is 57.1 Å². The van der Waals surface area contributed by atoms with Crippen molar-refractivity contribution >= 4 is 11.6 Å². The van der Waals surface area contributed by atoms with Crippen LogP contribution in [0.4, 0.5) is 0 Å². The van der Waals surface area contributed by atoms with Gasteiger partial charge in [-0.3, -0.25) is 0 Å². The second-order valence-corrected chi connectivity index (χ2v) is 5.26. The molecule has 0 bridgehead atoms. The average Bonchev–Trinajstić information content (AvgIpc) is 2.44. The third kappa shape index (κ3) is 3.11. The van der Waals surface area contributed by atoms with Gasteiger partial charge < -0.3 is 10.1 Å². The molecule has 2 rings (SSSR count). The maximum Gasteiger partial charge on any atom is 0.223 e. The monoisotopic (exact) mass is 290 g/mol. The summed E-state index contributed by atoms with van der Waals surface area (Å²) in [6, 6.07) is 7.96. The third-order valence-corrected chi connectivity index (χ3v) is 3.92. The van der Waals surface area contributed by atoms with Crippen LogP contribution in [0.25, 0.3) is 0 Å². The fourth-order valence-electron chi connectivity index (χ4n) is 2.05. The predicted molar refractivity (Wildman–Crippen MR) is 82.7 cm³/mol. The Bertz CT molecular complexity index is 590. The van der Waals surface area contributed by atoms with E-state index in [4.69, 9.17) is 16.3 Å². The van der Waals surface area contributed by atoms with E-state index >= 15 is 0 Å². The van der Waals surface area contributed by atoms with Crippen LogP contribution < -0.4 is 10.1 Å². The van der Waals surface area contributed by atoms with Gasteiger partial charge in [-0.15, -0.1) is 0 Å².